The van der Waals surface area contributed by atoms with Gasteiger partial charge in [0.15, 0.2) is 0 Å². The Labute approximate surface area is 90.4 Å². The predicted octanol–water partition coefficient (Wildman–Crippen LogP) is 3.65. The molecule has 1 nitrogen and oxygen atoms in total. The molecule has 0 saturated heterocycles. The van der Waals surface area contributed by atoms with Crippen LogP contribution < -0.4 is 0 Å². The molecule has 0 bridgehead atoms. The summed E-state index contributed by atoms with van der Waals surface area (Å²) in [6, 6.07) is 0. The molecule has 2 rings (SSSR count). The second-order valence-electron chi connectivity index (χ2n) is 3.71. The summed E-state index contributed by atoms with van der Waals surface area (Å²) in [5.41, 5.74) is 2.99. The molecule has 1 atom stereocenters. The first kappa shape index (κ1) is 9.82. The maximum absolute atomic E-state index is 5.72. The van der Waals surface area contributed by atoms with Gasteiger partial charge in [-0.15, -0.1) is 5.73 Å². The van der Waals surface area contributed by atoms with Crippen LogP contribution in [0.3, 0.4) is 0 Å². The lowest BCUT2D eigenvalue weighted by Gasteiger charge is -2.12. The van der Waals surface area contributed by atoms with E-state index in [1.807, 2.05) is 36.5 Å². The third kappa shape index (κ3) is 2.87. The summed E-state index contributed by atoms with van der Waals surface area (Å²) in [7, 11) is 0. The smallest absolute Gasteiger partial charge is 0.128 e. The molecule has 2 aliphatic rings. The molecule has 76 valence electrons. The molecule has 1 unspecified atom stereocenters. The Bertz CT molecular complexity index is 413. The minimum atomic E-state index is 0.623. The van der Waals surface area contributed by atoms with Crippen LogP contribution in [0.15, 0.2) is 65.9 Å². The second kappa shape index (κ2) is 4.68. The number of ether oxygens (including phenoxy) is 1. The van der Waals surface area contributed by atoms with Crippen molar-refractivity contribution in [1.29, 1.82) is 0 Å². The van der Waals surface area contributed by atoms with Crippen molar-refractivity contribution in [1.82, 2.24) is 0 Å². The van der Waals surface area contributed by atoms with E-state index in [1.54, 1.807) is 0 Å². The zero-order valence-electron chi connectivity index (χ0n) is 8.81. The van der Waals surface area contributed by atoms with Crippen molar-refractivity contribution in [2.24, 2.45) is 5.92 Å². The van der Waals surface area contributed by atoms with Gasteiger partial charge in [0, 0.05) is 0 Å². The molecule has 0 N–H and O–H groups in total. The molecule has 0 aliphatic heterocycles. The first-order chi connectivity index (χ1) is 7.34. The Morgan fingerprint density at radius 2 is 2.20 bits per heavy atom. The topological polar surface area (TPSA) is 9.23 Å². The van der Waals surface area contributed by atoms with Gasteiger partial charge in [-0.05, 0) is 48.8 Å². The fourth-order valence-electron chi connectivity index (χ4n) is 1.43. The summed E-state index contributed by atoms with van der Waals surface area (Å²) in [6.07, 6.45) is 16.9. The van der Waals surface area contributed by atoms with E-state index in [2.05, 4.69) is 24.8 Å². The van der Waals surface area contributed by atoms with E-state index in [4.69, 9.17) is 4.74 Å². The molecular formula is C14H14O. The zero-order valence-corrected chi connectivity index (χ0v) is 8.81. The summed E-state index contributed by atoms with van der Waals surface area (Å²) in [4.78, 5) is 0. The normalized spacial score (nSPS) is 23.4. The van der Waals surface area contributed by atoms with E-state index in [1.165, 1.54) is 0 Å². The lowest BCUT2D eigenvalue weighted by molar-refractivity contribution is 0.330. The molecule has 0 saturated carbocycles. The Morgan fingerprint density at radius 1 is 1.27 bits per heavy atom. The van der Waals surface area contributed by atoms with Gasteiger partial charge in [-0.3, -0.25) is 0 Å². The highest BCUT2D eigenvalue weighted by Crippen LogP contribution is 2.19. The van der Waals surface area contributed by atoms with E-state index in [-0.39, 0.29) is 0 Å². The average Bonchev–Trinajstić information content (AvgIpc) is 2.50. The van der Waals surface area contributed by atoms with Crippen LogP contribution in [0.25, 0.3) is 0 Å². The number of hydrogen-bond acceptors (Lipinski definition) is 1. The third-order valence-corrected chi connectivity index (χ3v) is 2.31. The van der Waals surface area contributed by atoms with Crippen LogP contribution in [0.5, 0.6) is 0 Å². The number of allylic oxidation sites excluding steroid dienone is 7. The maximum Gasteiger partial charge on any atom is 0.128 e. The van der Waals surface area contributed by atoms with Crippen molar-refractivity contribution in [3.63, 3.8) is 0 Å². The van der Waals surface area contributed by atoms with Crippen LogP contribution >= 0.6 is 0 Å². The van der Waals surface area contributed by atoms with Gasteiger partial charge in [0.1, 0.15) is 11.5 Å². The minimum Gasteiger partial charge on any atom is -0.458 e. The second-order valence-corrected chi connectivity index (χ2v) is 3.71. The van der Waals surface area contributed by atoms with Crippen LogP contribution in [0.2, 0.25) is 0 Å². The summed E-state index contributed by atoms with van der Waals surface area (Å²) in [6.45, 7) is 2.20. The highest BCUT2D eigenvalue weighted by atomic mass is 16.5. The molecule has 0 aromatic rings. The van der Waals surface area contributed by atoms with Crippen LogP contribution in [-0.2, 0) is 4.74 Å². The van der Waals surface area contributed by atoms with Crippen molar-refractivity contribution in [3.05, 3.63) is 65.9 Å². The Kier molecular flexibility index (Phi) is 3.06. The predicted molar refractivity (Wildman–Crippen MR) is 62.0 cm³/mol. The summed E-state index contributed by atoms with van der Waals surface area (Å²) < 4.78 is 5.72. The standard InChI is InChI=1S/C14H14O/c1-12-8-10-14(11-9-12)15-13-6-4-2-3-5-7-13/h2,4-8,10-12H,9H2,1H3. The van der Waals surface area contributed by atoms with E-state index in [9.17, 15) is 0 Å². The Morgan fingerprint density at radius 3 is 3.00 bits per heavy atom. The zero-order chi connectivity index (χ0) is 10.5. The summed E-state index contributed by atoms with van der Waals surface area (Å²) >= 11 is 0. The molecular weight excluding hydrogens is 184 g/mol. The van der Waals surface area contributed by atoms with Crippen LogP contribution in [0.1, 0.15) is 13.3 Å². The SMILES string of the molecule is CC1C=CC(OC2=CC=C=CC=C2)=CC1. The van der Waals surface area contributed by atoms with Gasteiger partial charge in [-0.1, -0.05) is 19.1 Å². The van der Waals surface area contributed by atoms with Gasteiger partial charge in [0.25, 0.3) is 0 Å². The molecule has 0 spiro atoms. The maximum atomic E-state index is 5.72. The molecule has 0 amide bonds. The van der Waals surface area contributed by atoms with Gasteiger partial charge >= 0.3 is 0 Å². The summed E-state index contributed by atoms with van der Waals surface area (Å²) in [5.74, 6) is 2.40. The van der Waals surface area contributed by atoms with Gasteiger partial charge in [0.05, 0.1) is 0 Å². The molecule has 0 radical (unpaired) electrons. The van der Waals surface area contributed by atoms with E-state index < -0.39 is 0 Å². The van der Waals surface area contributed by atoms with Crippen LogP contribution in [0.4, 0.5) is 0 Å². The lowest BCUT2D eigenvalue weighted by atomic mass is 10.0. The fraction of sp³-hybridized carbons (Fsp3) is 0.214. The first-order valence-corrected chi connectivity index (χ1v) is 5.20. The van der Waals surface area contributed by atoms with Gasteiger partial charge < -0.3 is 4.74 Å². The number of hydrogen-bond donors (Lipinski definition) is 0. The monoisotopic (exact) mass is 198 g/mol. The molecule has 0 aromatic heterocycles. The van der Waals surface area contributed by atoms with Crippen molar-refractivity contribution in [3.8, 4) is 0 Å². The van der Waals surface area contributed by atoms with Crippen molar-refractivity contribution in [2.75, 3.05) is 0 Å². The minimum absolute atomic E-state index is 0.623. The third-order valence-electron chi connectivity index (χ3n) is 2.31. The van der Waals surface area contributed by atoms with Crippen molar-refractivity contribution < 1.29 is 4.74 Å². The largest absolute Gasteiger partial charge is 0.458 e. The Hall–Kier alpha value is -1.72. The molecule has 0 aromatic carbocycles. The Balaban J connectivity index is 2.02. The molecule has 2 aliphatic carbocycles. The average molecular weight is 198 g/mol. The van der Waals surface area contributed by atoms with Crippen molar-refractivity contribution >= 4 is 0 Å². The molecule has 0 fully saturated rings. The highest BCUT2D eigenvalue weighted by molar-refractivity contribution is 5.28. The quantitative estimate of drug-likeness (QED) is 0.615. The van der Waals surface area contributed by atoms with Gasteiger partial charge in [0.2, 0.25) is 0 Å². The molecule has 1 heteroatoms. The molecule has 15 heavy (non-hydrogen) atoms. The lowest BCUT2D eigenvalue weighted by Crippen LogP contribution is -1.97. The fourth-order valence-corrected chi connectivity index (χ4v) is 1.43. The van der Waals surface area contributed by atoms with Crippen LogP contribution in [0, 0.1) is 5.92 Å². The van der Waals surface area contributed by atoms with Crippen LogP contribution in [-0.4, -0.2) is 0 Å². The highest BCUT2D eigenvalue weighted by Gasteiger charge is 2.05. The summed E-state index contributed by atoms with van der Waals surface area (Å²) in [5, 5.41) is 0. The van der Waals surface area contributed by atoms with Gasteiger partial charge in [-0.25, -0.2) is 0 Å². The van der Waals surface area contributed by atoms with E-state index in [0.717, 1.165) is 17.9 Å². The van der Waals surface area contributed by atoms with Crippen molar-refractivity contribution in [2.45, 2.75) is 13.3 Å². The van der Waals surface area contributed by atoms with Gasteiger partial charge in [-0.2, -0.15) is 0 Å². The first-order valence-electron chi connectivity index (χ1n) is 5.20. The molecule has 0 heterocycles. The van der Waals surface area contributed by atoms with E-state index >= 15 is 0 Å². The number of rotatable bonds is 2. The van der Waals surface area contributed by atoms with E-state index in [0.29, 0.717) is 5.92 Å².